The number of amides is 2. The molecular weight excluding hydrogens is 416 g/mol. The molecular formula is C22H28N4O4S. The van der Waals surface area contributed by atoms with Crippen LogP contribution in [0.5, 0.6) is 5.88 Å². The summed E-state index contributed by atoms with van der Waals surface area (Å²) in [6.45, 7) is 2.00. The molecule has 31 heavy (non-hydrogen) atoms. The predicted octanol–water partition coefficient (Wildman–Crippen LogP) is 2.79. The second-order valence-electron chi connectivity index (χ2n) is 8.31. The summed E-state index contributed by atoms with van der Waals surface area (Å²) in [4.78, 5) is 19.0. The summed E-state index contributed by atoms with van der Waals surface area (Å²) in [7, 11) is -1.55. The maximum absolute atomic E-state index is 12.3. The van der Waals surface area contributed by atoms with E-state index in [1.54, 1.807) is 6.20 Å². The molecule has 2 N–H and O–H groups in total. The van der Waals surface area contributed by atoms with Crippen LogP contribution in [0.3, 0.4) is 0 Å². The number of nitrogens with zero attached hydrogens (tertiary/aromatic N) is 2. The first-order chi connectivity index (χ1) is 14.8. The Balaban J connectivity index is 1.62. The minimum Gasteiger partial charge on any atom is -0.474 e. The summed E-state index contributed by atoms with van der Waals surface area (Å²) >= 11 is 0. The first-order valence-corrected chi connectivity index (χ1v) is 12.4. The number of carbonyl (C=O) groups excluding carboxylic acids is 1. The van der Waals surface area contributed by atoms with Gasteiger partial charge in [-0.3, -0.25) is 0 Å². The third-order valence-electron chi connectivity index (χ3n) is 5.80. The van der Waals surface area contributed by atoms with Gasteiger partial charge >= 0.3 is 6.03 Å². The number of hydrogen-bond acceptors (Lipinski definition) is 6. The van der Waals surface area contributed by atoms with E-state index in [2.05, 4.69) is 28.3 Å². The van der Waals surface area contributed by atoms with Gasteiger partial charge < -0.3 is 15.0 Å². The number of anilines is 1. The zero-order valence-electron chi connectivity index (χ0n) is 17.8. The zero-order chi connectivity index (χ0) is 22.0. The minimum absolute atomic E-state index is 0.136. The monoisotopic (exact) mass is 444 g/mol. The van der Waals surface area contributed by atoms with Gasteiger partial charge in [0.2, 0.25) is 15.9 Å². The quantitative estimate of drug-likeness (QED) is 0.736. The molecule has 1 aliphatic heterocycles. The normalized spacial score (nSPS) is 17.2. The Hall–Kier alpha value is -2.65. The largest absolute Gasteiger partial charge is 0.474 e. The van der Waals surface area contributed by atoms with Crippen molar-refractivity contribution in [2.45, 2.75) is 38.2 Å². The van der Waals surface area contributed by atoms with E-state index in [4.69, 9.17) is 4.74 Å². The van der Waals surface area contributed by atoms with Gasteiger partial charge in [0.05, 0.1) is 11.9 Å². The Morgan fingerprint density at radius 2 is 1.97 bits per heavy atom. The van der Waals surface area contributed by atoms with Crippen molar-refractivity contribution in [3.63, 3.8) is 0 Å². The summed E-state index contributed by atoms with van der Waals surface area (Å²) in [5, 5.41) is 2.78. The first-order valence-electron chi connectivity index (χ1n) is 10.5. The van der Waals surface area contributed by atoms with Crippen LogP contribution in [0, 0.1) is 0 Å². The first kappa shape index (κ1) is 21.6. The van der Waals surface area contributed by atoms with Crippen LogP contribution in [-0.4, -0.2) is 56.8 Å². The molecule has 2 heterocycles. The predicted molar refractivity (Wildman–Crippen MR) is 120 cm³/mol. The number of fused-ring (bicyclic) bond motifs is 1. The lowest BCUT2D eigenvalue weighted by atomic mass is 9.98. The number of hydrogen-bond donors (Lipinski definition) is 2. The van der Waals surface area contributed by atoms with Gasteiger partial charge in [-0.25, -0.2) is 22.9 Å². The third kappa shape index (κ3) is 5.34. The van der Waals surface area contributed by atoms with Crippen molar-refractivity contribution in [2.24, 2.45) is 0 Å². The van der Waals surface area contributed by atoms with Crippen molar-refractivity contribution in [1.82, 2.24) is 14.6 Å². The highest BCUT2D eigenvalue weighted by molar-refractivity contribution is 7.89. The topological polar surface area (TPSA) is 101 Å². The van der Waals surface area contributed by atoms with Crippen LogP contribution in [0.4, 0.5) is 10.5 Å². The molecule has 1 aromatic heterocycles. The maximum atomic E-state index is 12.3. The van der Waals surface area contributed by atoms with Gasteiger partial charge in [-0.05, 0) is 61.9 Å². The second-order valence-corrected chi connectivity index (χ2v) is 10.1. The molecule has 2 aromatic rings. The Bertz CT molecular complexity index is 1080. The van der Waals surface area contributed by atoms with Crippen LogP contribution in [0.15, 0.2) is 30.5 Å². The van der Waals surface area contributed by atoms with E-state index in [0.717, 1.165) is 68.1 Å². The number of nitrogens with one attached hydrogen (secondary N) is 2. The van der Waals surface area contributed by atoms with Crippen molar-refractivity contribution < 1.29 is 17.9 Å². The van der Waals surface area contributed by atoms with Crippen LogP contribution in [-0.2, 0) is 22.9 Å². The van der Waals surface area contributed by atoms with Gasteiger partial charge in [-0.15, -0.1) is 0 Å². The van der Waals surface area contributed by atoms with Crippen LogP contribution in [0.2, 0.25) is 0 Å². The lowest BCUT2D eigenvalue weighted by molar-refractivity contribution is 0.110. The number of rotatable bonds is 5. The summed E-state index contributed by atoms with van der Waals surface area (Å²) in [6, 6.07) is 7.04. The van der Waals surface area contributed by atoms with Crippen molar-refractivity contribution in [3.05, 3.63) is 41.6 Å². The summed E-state index contributed by atoms with van der Waals surface area (Å²) in [5.41, 5.74) is 4.56. The molecule has 0 bridgehead atoms. The highest BCUT2D eigenvalue weighted by Gasteiger charge is 2.22. The average Bonchev–Trinajstić information content (AvgIpc) is 3.18. The number of carbonyl (C=O) groups is 1. The van der Waals surface area contributed by atoms with Crippen LogP contribution < -0.4 is 14.8 Å². The summed E-state index contributed by atoms with van der Waals surface area (Å²) in [5.74, 6) is 0.555. The molecule has 2 amide bonds. The van der Waals surface area contributed by atoms with E-state index < -0.39 is 16.1 Å². The highest BCUT2D eigenvalue weighted by atomic mass is 32.2. The van der Waals surface area contributed by atoms with Gasteiger partial charge in [-0.1, -0.05) is 12.1 Å². The lowest BCUT2D eigenvalue weighted by Crippen LogP contribution is -2.35. The van der Waals surface area contributed by atoms with Crippen molar-refractivity contribution in [2.75, 3.05) is 31.7 Å². The van der Waals surface area contributed by atoms with E-state index in [-0.39, 0.29) is 6.10 Å². The average molecular weight is 445 g/mol. The molecule has 0 spiro atoms. The lowest BCUT2D eigenvalue weighted by Gasteiger charge is -2.29. The fourth-order valence-electron chi connectivity index (χ4n) is 4.27. The van der Waals surface area contributed by atoms with Gasteiger partial charge in [0, 0.05) is 30.9 Å². The molecule has 0 unspecified atom stereocenters. The molecule has 1 fully saturated rings. The maximum Gasteiger partial charge on any atom is 0.332 e. The molecule has 2 aliphatic rings. The summed E-state index contributed by atoms with van der Waals surface area (Å²) in [6.07, 6.45) is 7.49. The number of piperidine rings is 1. The number of sulfonamides is 1. The number of likely N-dealkylation sites (tertiary alicyclic amines) is 1. The standard InChI is InChI=1S/C22H28N4O4S/c1-26-12-9-17(10-13-26)30-20-14-16(8-11-23-20)19-7-6-15-4-3-5-18(15)21(19)24-22(27)25-31(2,28)29/h6-8,11,14,17H,3-5,9-10,12-13H2,1-2H3,(H2,24,25,27). The van der Waals surface area contributed by atoms with Crippen molar-refractivity contribution in [1.29, 1.82) is 0 Å². The van der Waals surface area contributed by atoms with Gasteiger partial charge in [0.1, 0.15) is 6.10 Å². The van der Waals surface area contributed by atoms with Crippen LogP contribution >= 0.6 is 0 Å². The molecule has 1 aromatic carbocycles. The molecule has 4 rings (SSSR count). The third-order valence-corrected chi connectivity index (χ3v) is 6.35. The fourth-order valence-corrected chi connectivity index (χ4v) is 4.66. The van der Waals surface area contributed by atoms with E-state index in [1.807, 2.05) is 22.9 Å². The molecule has 166 valence electrons. The van der Waals surface area contributed by atoms with Crippen molar-refractivity contribution in [3.8, 4) is 17.0 Å². The van der Waals surface area contributed by atoms with E-state index >= 15 is 0 Å². The number of aryl methyl sites for hydroxylation is 1. The number of aromatic nitrogens is 1. The number of ether oxygens (including phenoxy) is 1. The number of pyridine rings is 1. The Labute approximate surface area is 183 Å². The molecule has 0 atom stereocenters. The van der Waals surface area contributed by atoms with Crippen molar-refractivity contribution >= 4 is 21.7 Å². The van der Waals surface area contributed by atoms with E-state index in [0.29, 0.717) is 11.6 Å². The van der Waals surface area contributed by atoms with Crippen LogP contribution in [0.1, 0.15) is 30.4 Å². The van der Waals surface area contributed by atoms with Gasteiger partial charge in [0.15, 0.2) is 0 Å². The second kappa shape index (κ2) is 8.84. The Morgan fingerprint density at radius 3 is 2.71 bits per heavy atom. The van der Waals surface area contributed by atoms with Gasteiger partial charge in [0.25, 0.3) is 0 Å². The SMILES string of the molecule is CN1CCC(Oc2cc(-c3ccc4c(c3NC(=O)NS(C)(=O)=O)CCC4)ccn2)CC1. The molecule has 0 saturated carbocycles. The minimum atomic E-state index is -3.66. The summed E-state index contributed by atoms with van der Waals surface area (Å²) < 4.78 is 31.1. The number of benzene rings is 1. The molecule has 1 saturated heterocycles. The molecule has 8 nitrogen and oxygen atoms in total. The zero-order valence-corrected chi connectivity index (χ0v) is 18.7. The van der Waals surface area contributed by atoms with Gasteiger partial charge in [-0.2, -0.15) is 0 Å². The fraction of sp³-hybridized carbons (Fsp3) is 0.455. The number of urea groups is 1. The van der Waals surface area contributed by atoms with E-state index in [9.17, 15) is 13.2 Å². The molecule has 9 heteroatoms. The molecule has 1 aliphatic carbocycles. The Kier molecular flexibility index (Phi) is 6.15. The highest BCUT2D eigenvalue weighted by Crippen LogP contribution is 2.38. The smallest absolute Gasteiger partial charge is 0.332 e. The molecule has 0 radical (unpaired) electrons. The van der Waals surface area contributed by atoms with Crippen LogP contribution in [0.25, 0.3) is 11.1 Å². The Morgan fingerprint density at radius 1 is 1.19 bits per heavy atom. The van der Waals surface area contributed by atoms with E-state index in [1.165, 1.54) is 5.56 Å².